The number of benzene rings is 1. The molecule has 0 fully saturated rings. The molecular formula is C11H15F2NO3S2. The van der Waals surface area contributed by atoms with E-state index in [9.17, 15) is 22.3 Å². The molecule has 0 bridgehead atoms. The highest BCUT2D eigenvalue weighted by molar-refractivity contribution is 7.98. The van der Waals surface area contributed by atoms with Crippen molar-refractivity contribution in [2.45, 2.75) is 17.4 Å². The maximum absolute atomic E-state index is 13.4. The Morgan fingerprint density at radius 3 is 2.37 bits per heavy atom. The predicted molar refractivity (Wildman–Crippen MR) is 70.6 cm³/mol. The van der Waals surface area contributed by atoms with Gasteiger partial charge < -0.3 is 5.11 Å². The van der Waals surface area contributed by atoms with Crippen LogP contribution in [-0.2, 0) is 10.0 Å². The zero-order chi connectivity index (χ0) is 14.7. The summed E-state index contributed by atoms with van der Waals surface area (Å²) in [6, 6.07) is 2.79. The lowest BCUT2D eigenvalue weighted by Gasteiger charge is -2.22. The molecule has 0 heterocycles. The molecule has 0 saturated heterocycles. The summed E-state index contributed by atoms with van der Waals surface area (Å²) in [5, 5.41) is 9.83. The van der Waals surface area contributed by atoms with E-state index in [-0.39, 0.29) is 12.3 Å². The molecule has 8 heteroatoms. The maximum Gasteiger partial charge on any atom is 0.246 e. The molecule has 1 unspecified atom stereocenters. The van der Waals surface area contributed by atoms with Crippen LogP contribution in [0.2, 0.25) is 0 Å². The average molecular weight is 311 g/mol. The van der Waals surface area contributed by atoms with E-state index in [2.05, 4.69) is 0 Å². The standard InChI is InChI=1S/C11H15F2NO3S2/c1-11(15,7-18-2)6-14-19(16,17)10-8(12)4-3-5-9(10)13/h3-5,14-15H,6-7H2,1-2H3. The summed E-state index contributed by atoms with van der Waals surface area (Å²) >= 11 is 1.33. The Labute approximate surface area is 115 Å². The van der Waals surface area contributed by atoms with Crippen LogP contribution >= 0.6 is 11.8 Å². The van der Waals surface area contributed by atoms with E-state index in [1.165, 1.54) is 18.7 Å². The van der Waals surface area contributed by atoms with Gasteiger partial charge in [-0.2, -0.15) is 11.8 Å². The van der Waals surface area contributed by atoms with E-state index in [0.29, 0.717) is 0 Å². The molecule has 0 spiro atoms. The van der Waals surface area contributed by atoms with Gasteiger partial charge in [-0.25, -0.2) is 21.9 Å². The molecule has 1 aromatic carbocycles. The average Bonchev–Trinajstić information content (AvgIpc) is 2.26. The zero-order valence-corrected chi connectivity index (χ0v) is 12.1. The Balaban J connectivity index is 2.94. The molecule has 0 saturated carbocycles. The Morgan fingerprint density at radius 1 is 1.37 bits per heavy atom. The van der Waals surface area contributed by atoms with Gasteiger partial charge in [0.05, 0.1) is 5.60 Å². The smallest absolute Gasteiger partial charge is 0.246 e. The number of halogens is 2. The van der Waals surface area contributed by atoms with E-state index in [1.54, 1.807) is 6.26 Å². The number of rotatable bonds is 6. The second kappa shape index (κ2) is 6.17. The quantitative estimate of drug-likeness (QED) is 0.832. The lowest BCUT2D eigenvalue weighted by molar-refractivity contribution is 0.0908. The van der Waals surface area contributed by atoms with Crippen LogP contribution in [0.3, 0.4) is 0 Å². The third-order valence-corrected chi connectivity index (χ3v) is 4.65. The fourth-order valence-electron chi connectivity index (χ4n) is 1.42. The van der Waals surface area contributed by atoms with Gasteiger partial charge in [0.1, 0.15) is 11.6 Å². The Kier molecular flexibility index (Phi) is 5.31. The van der Waals surface area contributed by atoms with Gasteiger partial charge in [0.2, 0.25) is 10.0 Å². The van der Waals surface area contributed by atoms with Crippen LogP contribution < -0.4 is 4.72 Å². The molecule has 4 nitrogen and oxygen atoms in total. The number of nitrogens with one attached hydrogen (secondary N) is 1. The van der Waals surface area contributed by atoms with Crippen LogP contribution in [0.1, 0.15) is 6.92 Å². The highest BCUT2D eigenvalue weighted by Crippen LogP contribution is 2.18. The monoisotopic (exact) mass is 311 g/mol. The minimum Gasteiger partial charge on any atom is -0.388 e. The van der Waals surface area contributed by atoms with Crippen LogP contribution in [0.5, 0.6) is 0 Å². The van der Waals surface area contributed by atoms with E-state index in [0.717, 1.165) is 18.2 Å². The van der Waals surface area contributed by atoms with E-state index in [1.807, 2.05) is 4.72 Å². The fraction of sp³-hybridized carbons (Fsp3) is 0.455. The van der Waals surface area contributed by atoms with Gasteiger partial charge in [0.15, 0.2) is 4.90 Å². The fourth-order valence-corrected chi connectivity index (χ4v) is 3.44. The first-order chi connectivity index (χ1) is 8.69. The van der Waals surface area contributed by atoms with Gasteiger partial charge >= 0.3 is 0 Å². The van der Waals surface area contributed by atoms with Crippen LogP contribution in [0, 0.1) is 11.6 Å². The molecule has 0 aromatic heterocycles. The summed E-state index contributed by atoms with van der Waals surface area (Å²) in [5.41, 5.74) is -1.30. The molecule has 2 N–H and O–H groups in total. The van der Waals surface area contributed by atoms with Gasteiger partial charge in [0.25, 0.3) is 0 Å². The number of hydrogen-bond donors (Lipinski definition) is 2. The van der Waals surface area contributed by atoms with Crippen molar-refractivity contribution in [2.24, 2.45) is 0 Å². The number of aliphatic hydroxyl groups is 1. The lowest BCUT2D eigenvalue weighted by atomic mass is 10.1. The summed E-state index contributed by atoms with van der Waals surface area (Å²) in [6.07, 6.45) is 1.75. The van der Waals surface area contributed by atoms with Gasteiger partial charge in [-0.05, 0) is 25.3 Å². The third kappa shape index (κ3) is 4.41. The largest absolute Gasteiger partial charge is 0.388 e. The van der Waals surface area contributed by atoms with Crippen molar-refractivity contribution in [2.75, 3.05) is 18.6 Å². The molecule has 108 valence electrons. The Bertz CT molecular complexity index is 527. The van der Waals surface area contributed by atoms with Crippen LogP contribution in [0.25, 0.3) is 0 Å². The predicted octanol–water partition coefficient (Wildman–Crippen LogP) is 1.36. The van der Waals surface area contributed by atoms with Gasteiger partial charge in [-0.3, -0.25) is 0 Å². The number of sulfonamides is 1. The molecule has 1 atom stereocenters. The van der Waals surface area contributed by atoms with Gasteiger partial charge in [-0.15, -0.1) is 0 Å². The van der Waals surface area contributed by atoms with E-state index < -0.39 is 32.2 Å². The molecule has 19 heavy (non-hydrogen) atoms. The van der Waals surface area contributed by atoms with Crippen LogP contribution in [0.15, 0.2) is 23.1 Å². The Hall–Kier alpha value is -0.700. The van der Waals surface area contributed by atoms with Gasteiger partial charge in [0, 0.05) is 12.3 Å². The Morgan fingerprint density at radius 2 is 1.89 bits per heavy atom. The van der Waals surface area contributed by atoms with Crippen LogP contribution in [-0.4, -0.2) is 37.7 Å². The first-order valence-electron chi connectivity index (χ1n) is 5.34. The second-order valence-corrected chi connectivity index (χ2v) is 6.88. The van der Waals surface area contributed by atoms with Crippen LogP contribution in [0.4, 0.5) is 8.78 Å². The summed E-state index contributed by atoms with van der Waals surface area (Å²) in [5.74, 6) is -2.05. The molecule has 1 rings (SSSR count). The number of hydrogen-bond acceptors (Lipinski definition) is 4. The molecule has 0 amide bonds. The van der Waals surface area contributed by atoms with Crippen molar-refractivity contribution in [1.82, 2.24) is 4.72 Å². The topological polar surface area (TPSA) is 66.4 Å². The molecular weight excluding hydrogens is 296 g/mol. The lowest BCUT2D eigenvalue weighted by Crippen LogP contribution is -2.42. The normalized spacial score (nSPS) is 15.2. The van der Waals surface area contributed by atoms with Crippen molar-refractivity contribution >= 4 is 21.8 Å². The van der Waals surface area contributed by atoms with Crippen molar-refractivity contribution in [3.05, 3.63) is 29.8 Å². The highest BCUT2D eigenvalue weighted by Gasteiger charge is 2.27. The molecule has 0 aliphatic carbocycles. The molecule has 0 aliphatic rings. The number of thioether (sulfide) groups is 1. The zero-order valence-electron chi connectivity index (χ0n) is 10.5. The molecule has 1 aromatic rings. The molecule has 0 radical (unpaired) electrons. The first kappa shape index (κ1) is 16.4. The van der Waals surface area contributed by atoms with Crippen molar-refractivity contribution in [3.63, 3.8) is 0 Å². The van der Waals surface area contributed by atoms with Gasteiger partial charge in [-0.1, -0.05) is 6.07 Å². The minimum absolute atomic E-state index is 0.287. The summed E-state index contributed by atoms with van der Waals surface area (Å²) in [6.45, 7) is 1.10. The third-order valence-electron chi connectivity index (χ3n) is 2.29. The summed E-state index contributed by atoms with van der Waals surface area (Å²) in [4.78, 5) is -1.03. The SMILES string of the molecule is CSCC(C)(O)CNS(=O)(=O)c1c(F)cccc1F. The van der Waals surface area contributed by atoms with E-state index in [4.69, 9.17) is 0 Å². The highest BCUT2D eigenvalue weighted by atomic mass is 32.2. The maximum atomic E-state index is 13.4. The summed E-state index contributed by atoms with van der Waals surface area (Å²) in [7, 11) is -4.34. The summed E-state index contributed by atoms with van der Waals surface area (Å²) < 4.78 is 52.4. The van der Waals surface area contributed by atoms with Crippen molar-refractivity contribution in [1.29, 1.82) is 0 Å². The van der Waals surface area contributed by atoms with Crippen molar-refractivity contribution in [3.8, 4) is 0 Å². The van der Waals surface area contributed by atoms with E-state index >= 15 is 0 Å². The minimum atomic E-state index is -4.34. The second-order valence-electron chi connectivity index (χ2n) is 4.31. The van der Waals surface area contributed by atoms with Crippen molar-refractivity contribution < 1.29 is 22.3 Å². The molecule has 0 aliphatic heterocycles. The first-order valence-corrected chi connectivity index (χ1v) is 8.22.